The van der Waals surface area contributed by atoms with E-state index in [0.717, 1.165) is 6.07 Å². The summed E-state index contributed by atoms with van der Waals surface area (Å²) < 4.78 is 5.09. The highest BCUT2D eigenvalue weighted by Gasteiger charge is 2.19. The van der Waals surface area contributed by atoms with Gasteiger partial charge in [-0.1, -0.05) is 0 Å². The van der Waals surface area contributed by atoms with Crippen LogP contribution in [0.2, 0.25) is 0 Å². The molecule has 9 heteroatoms. The summed E-state index contributed by atoms with van der Waals surface area (Å²) in [5.74, 6) is -0.789. The predicted octanol–water partition coefficient (Wildman–Crippen LogP) is 0.306. The van der Waals surface area contributed by atoms with E-state index >= 15 is 0 Å². The zero-order valence-corrected chi connectivity index (χ0v) is 10.1. The van der Waals surface area contributed by atoms with Crippen molar-refractivity contribution in [1.82, 2.24) is 0 Å². The maximum Gasteiger partial charge on any atom is 0.315 e. The zero-order chi connectivity index (χ0) is 14.4. The fraction of sp³-hybridized carbons (Fsp3) is 0.200. The van der Waals surface area contributed by atoms with Crippen molar-refractivity contribution < 1.29 is 14.8 Å². The van der Waals surface area contributed by atoms with Crippen molar-refractivity contribution in [3.05, 3.63) is 27.8 Å². The van der Waals surface area contributed by atoms with E-state index in [4.69, 9.17) is 16.2 Å². The summed E-state index contributed by atoms with van der Waals surface area (Å²) >= 11 is 0. The van der Waals surface area contributed by atoms with Gasteiger partial charge in [-0.05, 0) is 13.0 Å². The monoisotopic (exact) mass is 267 g/mol. The molecule has 0 bridgehead atoms. The zero-order valence-electron chi connectivity index (χ0n) is 10.1. The van der Waals surface area contributed by atoms with Crippen LogP contribution in [0, 0.1) is 10.1 Å². The number of hydrogen-bond acceptors (Lipinski definition) is 6. The number of nitro groups is 1. The maximum absolute atomic E-state index is 10.8. The van der Waals surface area contributed by atoms with E-state index in [9.17, 15) is 15.2 Å². The van der Waals surface area contributed by atoms with Gasteiger partial charge >= 0.3 is 5.69 Å². The molecule has 1 rings (SSSR count). The van der Waals surface area contributed by atoms with Gasteiger partial charge in [0.2, 0.25) is 11.7 Å². The van der Waals surface area contributed by atoms with Gasteiger partial charge in [0.15, 0.2) is 5.75 Å². The molecule has 0 heterocycles. The molecular weight excluding hydrogens is 254 g/mol. The lowest BCUT2D eigenvalue weighted by Crippen LogP contribution is -2.21. The maximum atomic E-state index is 10.8. The average molecular weight is 267 g/mol. The first-order valence-corrected chi connectivity index (χ1v) is 5.21. The Labute approximate surface area is 108 Å². The van der Waals surface area contributed by atoms with Crippen LogP contribution in [-0.4, -0.2) is 28.8 Å². The standard InChI is InChI=1S/C10H13N5O4/c1-2-19-8-4-6(5-13-14-10(11)12)3-7(9(8)16)15(17)18/h3-5,16H,2H2,1H3,(H4,11,12,14)/b13-5-. The Morgan fingerprint density at radius 3 is 2.79 bits per heavy atom. The van der Waals surface area contributed by atoms with Crippen molar-refractivity contribution in [2.45, 2.75) is 6.92 Å². The number of phenolic OH excluding ortho intramolecular Hbond substituents is 1. The van der Waals surface area contributed by atoms with Crippen LogP contribution in [0.15, 0.2) is 22.3 Å². The Hall–Kier alpha value is -2.84. The van der Waals surface area contributed by atoms with Crippen LogP contribution in [0.1, 0.15) is 12.5 Å². The molecule has 19 heavy (non-hydrogen) atoms. The lowest BCUT2D eigenvalue weighted by molar-refractivity contribution is -0.386. The van der Waals surface area contributed by atoms with E-state index in [-0.39, 0.29) is 18.3 Å². The number of aromatic hydroxyl groups is 1. The van der Waals surface area contributed by atoms with Crippen LogP contribution in [0.5, 0.6) is 11.5 Å². The molecule has 5 N–H and O–H groups in total. The van der Waals surface area contributed by atoms with Gasteiger partial charge in [0.1, 0.15) is 0 Å². The average Bonchev–Trinajstić information content (AvgIpc) is 2.32. The molecule has 0 atom stereocenters. The molecule has 0 amide bonds. The fourth-order valence-corrected chi connectivity index (χ4v) is 1.26. The first-order valence-electron chi connectivity index (χ1n) is 5.21. The summed E-state index contributed by atoms with van der Waals surface area (Å²) in [6, 6.07) is 2.52. The molecule has 1 aromatic rings. The van der Waals surface area contributed by atoms with Gasteiger partial charge in [-0.15, -0.1) is 5.10 Å². The number of phenols is 1. The molecule has 0 radical (unpaired) electrons. The SMILES string of the molecule is CCOc1cc(/C=N\N=C(N)N)cc([N+](=O)[O-])c1O. The van der Waals surface area contributed by atoms with Gasteiger partial charge in [0.25, 0.3) is 0 Å². The van der Waals surface area contributed by atoms with E-state index < -0.39 is 16.4 Å². The summed E-state index contributed by atoms with van der Waals surface area (Å²) in [7, 11) is 0. The van der Waals surface area contributed by atoms with E-state index in [2.05, 4.69) is 10.2 Å². The van der Waals surface area contributed by atoms with Gasteiger partial charge in [0, 0.05) is 11.6 Å². The number of nitrogens with two attached hydrogens (primary N) is 2. The van der Waals surface area contributed by atoms with Crippen LogP contribution in [0.25, 0.3) is 0 Å². The first-order chi connectivity index (χ1) is 8.95. The number of ether oxygens (including phenoxy) is 1. The molecule has 0 aromatic heterocycles. The van der Waals surface area contributed by atoms with Crippen LogP contribution < -0.4 is 16.2 Å². The van der Waals surface area contributed by atoms with Crippen molar-refractivity contribution in [3.8, 4) is 11.5 Å². The van der Waals surface area contributed by atoms with Crippen molar-refractivity contribution in [2.24, 2.45) is 21.7 Å². The summed E-state index contributed by atoms with van der Waals surface area (Å²) in [4.78, 5) is 10.1. The quantitative estimate of drug-likeness (QED) is 0.302. The summed E-state index contributed by atoms with van der Waals surface area (Å²) in [6.07, 6.45) is 1.20. The number of nitro benzene ring substituents is 1. The second-order valence-corrected chi connectivity index (χ2v) is 3.35. The molecule has 0 aliphatic heterocycles. The molecule has 0 fully saturated rings. The Balaban J connectivity index is 3.22. The van der Waals surface area contributed by atoms with Gasteiger partial charge in [-0.2, -0.15) is 5.10 Å². The van der Waals surface area contributed by atoms with Crippen LogP contribution in [0.3, 0.4) is 0 Å². The minimum absolute atomic E-state index is 0.0112. The highest BCUT2D eigenvalue weighted by Crippen LogP contribution is 2.36. The van der Waals surface area contributed by atoms with Gasteiger partial charge < -0.3 is 21.3 Å². The topological polar surface area (TPSA) is 149 Å². The van der Waals surface area contributed by atoms with Gasteiger partial charge in [0.05, 0.1) is 17.7 Å². The number of nitrogens with zero attached hydrogens (tertiary/aromatic N) is 3. The van der Waals surface area contributed by atoms with E-state index in [1.807, 2.05) is 0 Å². The number of rotatable bonds is 5. The third-order valence-electron chi connectivity index (χ3n) is 1.95. The molecule has 102 valence electrons. The molecule has 0 unspecified atom stereocenters. The Kier molecular flexibility index (Phi) is 4.63. The Morgan fingerprint density at radius 1 is 1.58 bits per heavy atom. The Bertz CT molecular complexity index is 537. The van der Waals surface area contributed by atoms with Crippen LogP contribution in [0.4, 0.5) is 5.69 Å². The van der Waals surface area contributed by atoms with E-state index in [0.29, 0.717) is 5.56 Å². The van der Waals surface area contributed by atoms with Crippen molar-refractivity contribution >= 4 is 17.9 Å². The number of hydrogen-bond donors (Lipinski definition) is 3. The highest BCUT2D eigenvalue weighted by atomic mass is 16.6. The molecule has 0 saturated carbocycles. The smallest absolute Gasteiger partial charge is 0.315 e. The lowest BCUT2D eigenvalue weighted by atomic mass is 10.2. The summed E-state index contributed by atoms with van der Waals surface area (Å²) in [6.45, 7) is 1.94. The largest absolute Gasteiger partial charge is 0.500 e. The van der Waals surface area contributed by atoms with Crippen molar-refractivity contribution in [2.75, 3.05) is 6.61 Å². The van der Waals surface area contributed by atoms with Crippen molar-refractivity contribution in [3.63, 3.8) is 0 Å². The minimum Gasteiger partial charge on any atom is -0.500 e. The second-order valence-electron chi connectivity index (χ2n) is 3.35. The van der Waals surface area contributed by atoms with E-state index in [1.54, 1.807) is 6.92 Å². The first kappa shape index (κ1) is 14.2. The molecule has 0 spiro atoms. The summed E-state index contributed by atoms with van der Waals surface area (Å²) in [5.41, 5.74) is 9.98. The van der Waals surface area contributed by atoms with Crippen LogP contribution >= 0.6 is 0 Å². The normalized spacial score (nSPS) is 10.4. The molecule has 1 aromatic carbocycles. The summed E-state index contributed by atoms with van der Waals surface area (Å²) in [5, 5.41) is 27.3. The minimum atomic E-state index is -0.726. The molecule has 0 aliphatic rings. The third kappa shape index (κ3) is 3.84. The lowest BCUT2D eigenvalue weighted by Gasteiger charge is -2.06. The van der Waals surface area contributed by atoms with Crippen LogP contribution in [-0.2, 0) is 0 Å². The van der Waals surface area contributed by atoms with Gasteiger partial charge in [-0.25, -0.2) is 0 Å². The number of guanidine groups is 1. The second kappa shape index (κ2) is 6.19. The Morgan fingerprint density at radius 2 is 2.26 bits per heavy atom. The predicted molar refractivity (Wildman–Crippen MR) is 69.3 cm³/mol. The molecule has 0 aliphatic carbocycles. The fourth-order valence-electron chi connectivity index (χ4n) is 1.26. The molecule has 9 nitrogen and oxygen atoms in total. The highest BCUT2D eigenvalue weighted by molar-refractivity contribution is 5.84. The van der Waals surface area contributed by atoms with Crippen molar-refractivity contribution in [1.29, 1.82) is 0 Å². The van der Waals surface area contributed by atoms with Gasteiger partial charge in [-0.3, -0.25) is 10.1 Å². The molecular formula is C10H13N5O4. The number of benzene rings is 1. The van der Waals surface area contributed by atoms with E-state index in [1.165, 1.54) is 12.3 Å². The molecule has 0 saturated heterocycles. The third-order valence-corrected chi connectivity index (χ3v) is 1.95.